The average Bonchev–Trinajstić information content (AvgIpc) is 2.67. The van der Waals surface area contributed by atoms with Gasteiger partial charge in [0.2, 0.25) is 0 Å². The quantitative estimate of drug-likeness (QED) is 0.763. The van der Waals surface area contributed by atoms with Crippen LogP contribution in [0.25, 0.3) is 0 Å². The molecule has 0 aromatic carbocycles. The van der Waals surface area contributed by atoms with Gasteiger partial charge in [-0.15, -0.1) is 0 Å². The van der Waals surface area contributed by atoms with Crippen LogP contribution < -0.4 is 0 Å². The molecule has 1 amide bonds. The minimum Gasteiger partial charge on any atom is -0.461 e. The number of ether oxygens (including phenoxy) is 1. The highest BCUT2D eigenvalue weighted by Crippen LogP contribution is 2.23. The number of esters is 1. The van der Waals surface area contributed by atoms with Crippen LogP contribution in [0.5, 0.6) is 0 Å². The molecule has 5 nitrogen and oxygen atoms in total. The number of aromatic nitrogens is 1. The van der Waals surface area contributed by atoms with Crippen molar-refractivity contribution in [3.8, 4) is 0 Å². The molecule has 2 rings (SSSR count). The summed E-state index contributed by atoms with van der Waals surface area (Å²) in [5.41, 5.74) is 1.49. The maximum Gasteiger partial charge on any atom is 0.356 e. The van der Waals surface area contributed by atoms with Gasteiger partial charge in [0.1, 0.15) is 5.69 Å². The number of hydrogen-bond acceptors (Lipinski definition) is 4. The number of pyridine rings is 1. The van der Waals surface area contributed by atoms with E-state index in [4.69, 9.17) is 4.74 Å². The van der Waals surface area contributed by atoms with Gasteiger partial charge >= 0.3 is 5.97 Å². The maximum atomic E-state index is 12.0. The van der Waals surface area contributed by atoms with Crippen molar-refractivity contribution in [3.05, 3.63) is 29.1 Å². The molecule has 0 radical (unpaired) electrons. The van der Waals surface area contributed by atoms with E-state index in [9.17, 15) is 9.59 Å². The lowest BCUT2D eigenvalue weighted by atomic mass is 10.2. The Morgan fingerprint density at radius 1 is 1.50 bits per heavy atom. The highest BCUT2D eigenvalue weighted by atomic mass is 16.5. The molecule has 0 saturated carbocycles. The first-order chi connectivity index (χ1) is 8.54. The fourth-order valence-corrected chi connectivity index (χ4v) is 1.94. The third-order valence-electron chi connectivity index (χ3n) is 2.89. The van der Waals surface area contributed by atoms with Gasteiger partial charge in [-0.1, -0.05) is 0 Å². The average molecular weight is 248 g/mol. The monoisotopic (exact) mass is 248 g/mol. The lowest BCUT2D eigenvalue weighted by Crippen LogP contribution is -2.30. The van der Waals surface area contributed by atoms with Crippen LogP contribution in [-0.2, 0) is 11.3 Å². The van der Waals surface area contributed by atoms with Crippen molar-refractivity contribution in [2.24, 2.45) is 0 Å². The molecular formula is C13H16N2O3. The summed E-state index contributed by atoms with van der Waals surface area (Å²) in [5.74, 6) is -0.473. The van der Waals surface area contributed by atoms with Crippen molar-refractivity contribution in [2.45, 2.75) is 33.4 Å². The van der Waals surface area contributed by atoms with E-state index in [0.29, 0.717) is 24.4 Å². The minimum absolute atomic E-state index is 0.0251. The van der Waals surface area contributed by atoms with Crippen molar-refractivity contribution in [2.75, 3.05) is 6.61 Å². The van der Waals surface area contributed by atoms with Crippen molar-refractivity contribution >= 4 is 11.9 Å². The first kappa shape index (κ1) is 12.5. The summed E-state index contributed by atoms with van der Waals surface area (Å²) in [6, 6.07) is 3.32. The van der Waals surface area contributed by atoms with E-state index in [1.54, 1.807) is 24.0 Å². The Balaban J connectivity index is 2.29. The zero-order valence-electron chi connectivity index (χ0n) is 10.8. The van der Waals surface area contributed by atoms with Gasteiger partial charge in [-0.25, -0.2) is 9.78 Å². The third-order valence-corrected chi connectivity index (χ3v) is 2.89. The van der Waals surface area contributed by atoms with Crippen LogP contribution in [0.4, 0.5) is 0 Å². The van der Waals surface area contributed by atoms with E-state index in [2.05, 4.69) is 4.98 Å². The predicted molar refractivity (Wildman–Crippen MR) is 65.2 cm³/mol. The molecule has 0 aliphatic carbocycles. The second-order valence-electron chi connectivity index (χ2n) is 4.44. The molecule has 0 spiro atoms. The fourth-order valence-electron chi connectivity index (χ4n) is 1.94. The molecule has 18 heavy (non-hydrogen) atoms. The third kappa shape index (κ3) is 2.08. The topological polar surface area (TPSA) is 59.5 Å². The van der Waals surface area contributed by atoms with Gasteiger partial charge in [-0.05, 0) is 32.9 Å². The van der Waals surface area contributed by atoms with Crippen molar-refractivity contribution in [1.29, 1.82) is 0 Å². The lowest BCUT2D eigenvalue weighted by molar-refractivity contribution is 0.0519. The van der Waals surface area contributed by atoms with Crippen LogP contribution in [0.2, 0.25) is 0 Å². The summed E-state index contributed by atoms with van der Waals surface area (Å²) in [5, 5.41) is 0. The molecule has 1 aliphatic rings. The Labute approximate surface area is 106 Å². The first-order valence-electron chi connectivity index (χ1n) is 6.02. The summed E-state index contributed by atoms with van der Waals surface area (Å²) in [7, 11) is 0. The van der Waals surface area contributed by atoms with Crippen LogP contribution in [-0.4, -0.2) is 34.4 Å². The van der Waals surface area contributed by atoms with E-state index < -0.39 is 5.97 Å². The molecule has 5 heteroatoms. The Bertz CT molecular complexity index is 497. The van der Waals surface area contributed by atoms with Crippen LogP contribution >= 0.6 is 0 Å². The maximum absolute atomic E-state index is 12.0. The van der Waals surface area contributed by atoms with Crippen LogP contribution in [0.1, 0.15) is 47.3 Å². The van der Waals surface area contributed by atoms with Crippen LogP contribution in [0, 0.1) is 0 Å². The highest BCUT2D eigenvalue weighted by Gasteiger charge is 2.30. The lowest BCUT2D eigenvalue weighted by Gasteiger charge is -2.19. The summed E-state index contributed by atoms with van der Waals surface area (Å²) < 4.78 is 4.89. The van der Waals surface area contributed by atoms with Crippen molar-refractivity contribution < 1.29 is 14.3 Å². The van der Waals surface area contributed by atoms with Crippen molar-refractivity contribution in [1.82, 2.24) is 9.88 Å². The number of hydrogen-bond donors (Lipinski definition) is 0. The van der Waals surface area contributed by atoms with Crippen LogP contribution in [0.15, 0.2) is 12.1 Å². The molecule has 2 heterocycles. The van der Waals surface area contributed by atoms with Gasteiger partial charge in [-0.2, -0.15) is 0 Å². The highest BCUT2D eigenvalue weighted by molar-refractivity contribution is 5.99. The minimum atomic E-state index is -0.448. The number of amides is 1. The molecule has 0 saturated heterocycles. The Hall–Kier alpha value is -1.91. The molecule has 1 aromatic heterocycles. The second-order valence-corrected chi connectivity index (χ2v) is 4.44. The Kier molecular flexibility index (Phi) is 3.32. The predicted octanol–water partition coefficient (Wildman–Crippen LogP) is 1.62. The van der Waals surface area contributed by atoms with Gasteiger partial charge < -0.3 is 9.64 Å². The van der Waals surface area contributed by atoms with Crippen LogP contribution in [0.3, 0.4) is 0 Å². The number of rotatable bonds is 3. The van der Waals surface area contributed by atoms with Gasteiger partial charge in [0.15, 0.2) is 0 Å². The Morgan fingerprint density at radius 2 is 2.22 bits per heavy atom. The molecule has 0 unspecified atom stereocenters. The zero-order chi connectivity index (χ0) is 13.3. The second kappa shape index (κ2) is 4.76. The normalized spacial score (nSPS) is 14.0. The molecular weight excluding hydrogens is 232 g/mol. The smallest absolute Gasteiger partial charge is 0.356 e. The number of carbonyl (C=O) groups is 2. The van der Waals surface area contributed by atoms with E-state index in [-0.39, 0.29) is 17.6 Å². The molecule has 96 valence electrons. The fraction of sp³-hybridized carbons (Fsp3) is 0.462. The molecule has 0 bridgehead atoms. The summed E-state index contributed by atoms with van der Waals surface area (Å²) in [6.07, 6.45) is 0. The van der Waals surface area contributed by atoms with Gasteiger partial charge in [-0.3, -0.25) is 4.79 Å². The Morgan fingerprint density at radius 3 is 2.83 bits per heavy atom. The molecule has 0 N–H and O–H groups in total. The molecule has 0 fully saturated rings. The SMILES string of the molecule is CCOC(=O)c1ccc2c(n1)CN(C(C)C)C2=O. The van der Waals surface area contributed by atoms with E-state index in [1.807, 2.05) is 13.8 Å². The van der Waals surface area contributed by atoms with E-state index in [1.165, 1.54) is 0 Å². The molecule has 1 aliphatic heterocycles. The summed E-state index contributed by atoms with van der Waals surface area (Å²) in [6.45, 7) is 6.43. The number of fused-ring (bicyclic) bond motifs is 1. The number of carbonyl (C=O) groups excluding carboxylic acids is 2. The zero-order valence-corrected chi connectivity index (χ0v) is 10.8. The molecule has 1 aromatic rings. The number of nitrogens with zero attached hydrogens (tertiary/aromatic N) is 2. The molecule has 0 atom stereocenters. The van der Waals surface area contributed by atoms with Crippen molar-refractivity contribution in [3.63, 3.8) is 0 Å². The van der Waals surface area contributed by atoms with Gasteiger partial charge in [0.25, 0.3) is 5.91 Å². The van der Waals surface area contributed by atoms with E-state index in [0.717, 1.165) is 0 Å². The summed E-state index contributed by atoms with van der Waals surface area (Å²) >= 11 is 0. The summed E-state index contributed by atoms with van der Waals surface area (Å²) in [4.78, 5) is 29.5. The first-order valence-corrected chi connectivity index (χ1v) is 6.02. The van der Waals surface area contributed by atoms with E-state index >= 15 is 0 Å². The standard InChI is InChI=1S/C13H16N2O3/c1-4-18-13(17)10-6-5-9-11(14-10)7-15(8(2)3)12(9)16/h5-6,8H,4,7H2,1-3H3. The van der Waals surface area contributed by atoms with Gasteiger partial charge in [0, 0.05) is 6.04 Å². The van der Waals surface area contributed by atoms with Gasteiger partial charge in [0.05, 0.1) is 24.4 Å². The largest absolute Gasteiger partial charge is 0.461 e.